The van der Waals surface area contributed by atoms with Gasteiger partial charge in [-0.05, 0) is 43.5 Å². The number of rotatable bonds is 2. The largest absolute Gasteiger partial charge is 0.368 e. The van der Waals surface area contributed by atoms with E-state index in [4.69, 9.17) is 5.73 Å². The summed E-state index contributed by atoms with van der Waals surface area (Å²) in [5.74, 6) is 0.398. The molecule has 1 aromatic heterocycles. The Kier molecular flexibility index (Phi) is 3.52. The normalized spacial score (nSPS) is 11.3. The average molecular weight is 307 g/mol. The van der Waals surface area contributed by atoms with Gasteiger partial charge in [0.1, 0.15) is 0 Å². The molecule has 18 heavy (non-hydrogen) atoms. The average Bonchev–Trinajstić information content (AvgIpc) is 2.64. The van der Waals surface area contributed by atoms with E-state index in [1.807, 2.05) is 19.1 Å². The Labute approximate surface area is 115 Å². The van der Waals surface area contributed by atoms with Crippen molar-refractivity contribution in [2.24, 2.45) is 5.10 Å². The number of benzene rings is 1. The maximum absolute atomic E-state index is 5.73. The van der Waals surface area contributed by atoms with Crippen LogP contribution in [0.1, 0.15) is 22.4 Å². The fourth-order valence-corrected chi connectivity index (χ4v) is 2.10. The minimum absolute atomic E-state index is 0.398. The van der Waals surface area contributed by atoms with E-state index in [2.05, 4.69) is 39.9 Å². The zero-order valence-electron chi connectivity index (χ0n) is 10.6. The first-order chi connectivity index (χ1) is 8.49. The highest BCUT2D eigenvalue weighted by Gasteiger charge is 2.03. The van der Waals surface area contributed by atoms with Crippen LogP contribution in [0.5, 0.6) is 0 Å². The fraction of sp³-hybridized carbons (Fsp3) is 0.231. The molecule has 94 valence electrons. The van der Waals surface area contributed by atoms with Crippen molar-refractivity contribution < 1.29 is 0 Å². The molecule has 1 aromatic carbocycles. The van der Waals surface area contributed by atoms with E-state index in [-0.39, 0.29) is 0 Å². The summed E-state index contributed by atoms with van der Waals surface area (Å²) in [5, 5.41) is 4.32. The number of aryl methyl sites for hydroxylation is 1. The van der Waals surface area contributed by atoms with Crippen LogP contribution >= 0.6 is 15.9 Å². The van der Waals surface area contributed by atoms with Crippen LogP contribution in [0.3, 0.4) is 0 Å². The number of nitrogen functional groups attached to an aromatic ring is 1. The van der Waals surface area contributed by atoms with E-state index in [0.29, 0.717) is 5.95 Å². The quantitative estimate of drug-likeness (QED) is 0.867. The summed E-state index contributed by atoms with van der Waals surface area (Å²) in [4.78, 5) is 4.10. The third-order valence-electron chi connectivity index (χ3n) is 2.92. The van der Waals surface area contributed by atoms with Crippen molar-refractivity contribution in [3.05, 3.63) is 45.2 Å². The summed E-state index contributed by atoms with van der Waals surface area (Å²) in [5.41, 5.74) is 10.1. The molecule has 1 heterocycles. The van der Waals surface area contributed by atoms with E-state index in [1.165, 1.54) is 11.1 Å². The van der Waals surface area contributed by atoms with E-state index >= 15 is 0 Å². The van der Waals surface area contributed by atoms with Crippen LogP contribution < -0.4 is 5.73 Å². The summed E-state index contributed by atoms with van der Waals surface area (Å²) < 4.78 is 2.68. The fourth-order valence-electron chi connectivity index (χ4n) is 1.67. The molecule has 0 aliphatic carbocycles. The maximum atomic E-state index is 5.73. The second kappa shape index (κ2) is 4.94. The van der Waals surface area contributed by atoms with Crippen LogP contribution in [0.15, 0.2) is 27.9 Å². The lowest BCUT2D eigenvalue weighted by Gasteiger charge is -2.06. The van der Waals surface area contributed by atoms with Crippen LogP contribution in [0.4, 0.5) is 5.95 Å². The molecule has 0 bridgehead atoms. The molecule has 0 spiro atoms. The van der Waals surface area contributed by atoms with Crippen LogP contribution in [-0.4, -0.2) is 15.9 Å². The van der Waals surface area contributed by atoms with Crippen molar-refractivity contribution in [3.8, 4) is 0 Å². The summed E-state index contributed by atoms with van der Waals surface area (Å²) >= 11 is 3.51. The molecule has 5 heteroatoms. The van der Waals surface area contributed by atoms with Crippen molar-refractivity contribution in [2.45, 2.75) is 20.8 Å². The van der Waals surface area contributed by atoms with Crippen molar-refractivity contribution in [1.82, 2.24) is 9.66 Å². The molecule has 0 saturated carbocycles. The van der Waals surface area contributed by atoms with E-state index in [1.54, 1.807) is 17.1 Å². The molecule has 0 atom stereocenters. The van der Waals surface area contributed by atoms with Crippen molar-refractivity contribution in [1.29, 1.82) is 0 Å². The van der Waals surface area contributed by atoms with Crippen LogP contribution in [0.25, 0.3) is 0 Å². The monoisotopic (exact) mass is 306 g/mol. The number of hydrogen-bond donors (Lipinski definition) is 1. The second-order valence-electron chi connectivity index (χ2n) is 4.22. The van der Waals surface area contributed by atoms with Crippen LogP contribution in [0, 0.1) is 20.8 Å². The first kappa shape index (κ1) is 12.8. The Morgan fingerprint density at radius 2 is 2.00 bits per heavy atom. The van der Waals surface area contributed by atoms with Gasteiger partial charge in [-0.15, -0.1) is 0 Å². The lowest BCUT2D eigenvalue weighted by atomic mass is 10.0. The summed E-state index contributed by atoms with van der Waals surface area (Å²) in [7, 11) is 0. The number of halogens is 1. The predicted molar refractivity (Wildman–Crippen MR) is 78.0 cm³/mol. The zero-order valence-corrected chi connectivity index (χ0v) is 12.2. The van der Waals surface area contributed by atoms with Gasteiger partial charge < -0.3 is 5.73 Å². The number of aromatic nitrogens is 2. The summed E-state index contributed by atoms with van der Waals surface area (Å²) in [6, 6.07) is 4.04. The minimum atomic E-state index is 0.398. The van der Waals surface area contributed by atoms with Crippen LogP contribution in [-0.2, 0) is 0 Å². The predicted octanol–water partition coefficient (Wildman–Crippen LogP) is 3.04. The van der Waals surface area contributed by atoms with Gasteiger partial charge in [0, 0.05) is 4.47 Å². The Hall–Kier alpha value is -1.62. The molecule has 2 rings (SSSR count). The lowest BCUT2D eigenvalue weighted by molar-refractivity contribution is 0.896. The molecule has 0 aliphatic heterocycles. The molecule has 4 nitrogen and oxygen atoms in total. The highest BCUT2D eigenvalue weighted by atomic mass is 79.9. The lowest BCUT2D eigenvalue weighted by Crippen LogP contribution is -1.98. The SMILES string of the molecule is Cc1cn(N=Cc2ccc(Br)c(C)c2C)c(N)n1. The Morgan fingerprint density at radius 3 is 2.61 bits per heavy atom. The Morgan fingerprint density at radius 1 is 1.28 bits per heavy atom. The molecule has 0 saturated heterocycles. The third-order valence-corrected chi connectivity index (χ3v) is 3.78. The van der Waals surface area contributed by atoms with Gasteiger partial charge in [0.05, 0.1) is 18.1 Å². The molecule has 0 fully saturated rings. The van der Waals surface area contributed by atoms with E-state index in [0.717, 1.165) is 15.7 Å². The zero-order chi connectivity index (χ0) is 13.3. The van der Waals surface area contributed by atoms with Crippen molar-refractivity contribution in [3.63, 3.8) is 0 Å². The molecule has 2 N–H and O–H groups in total. The molecule has 0 aliphatic rings. The molecule has 0 radical (unpaired) electrons. The summed E-state index contributed by atoms with van der Waals surface area (Å²) in [6.07, 6.45) is 3.60. The molecule has 0 amide bonds. The van der Waals surface area contributed by atoms with Gasteiger partial charge in [0.15, 0.2) is 0 Å². The molecule has 2 aromatic rings. The smallest absolute Gasteiger partial charge is 0.221 e. The Bertz CT molecular complexity index is 614. The van der Waals surface area contributed by atoms with Gasteiger partial charge in [0.2, 0.25) is 5.95 Å². The van der Waals surface area contributed by atoms with Gasteiger partial charge in [-0.25, -0.2) is 9.66 Å². The molecular weight excluding hydrogens is 292 g/mol. The highest BCUT2D eigenvalue weighted by molar-refractivity contribution is 9.10. The van der Waals surface area contributed by atoms with Gasteiger partial charge in [-0.1, -0.05) is 22.0 Å². The van der Waals surface area contributed by atoms with E-state index < -0.39 is 0 Å². The maximum Gasteiger partial charge on any atom is 0.221 e. The molecular formula is C13H15BrN4. The topological polar surface area (TPSA) is 56.2 Å². The van der Waals surface area contributed by atoms with Gasteiger partial charge in [0.25, 0.3) is 0 Å². The highest BCUT2D eigenvalue weighted by Crippen LogP contribution is 2.21. The van der Waals surface area contributed by atoms with Crippen molar-refractivity contribution >= 4 is 28.1 Å². The number of nitrogens with two attached hydrogens (primary N) is 1. The third kappa shape index (κ3) is 2.46. The van der Waals surface area contributed by atoms with Crippen molar-refractivity contribution in [2.75, 3.05) is 5.73 Å². The number of imidazole rings is 1. The molecule has 0 unspecified atom stereocenters. The van der Waals surface area contributed by atoms with Crippen LogP contribution in [0.2, 0.25) is 0 Å². The van der Waals surface area contributed by atoms with Gasteiger partial charge in [-0.3, -0.25) is 0 Å². The van der Waals surface area contributed by atoms with Gasteiger partial charge >= 0.3 is 0 Å². The standard InChI is InChI=1S/C13H15BrN4/c1-8-7-18(13(15)17-8)16-6-11-4-5-12(14)10(3)9(11)2/h4-7H,1-3H3,(H2,15,17). The summed E-state index contributed by atoms with van der Waals surface area (Å²) in [6.45, 7) is 6.04. The first-order valence-electron chi connectivity index (χ1n) is 5.60. The number of hydrogen-bond acceptors (Lipinski definition) is 3. The number of nitrogens with zero attached hydrogens (tertiary/aromatic N) is 3. The second-order valence-corrected chi connectivity index (χ2v) is 5.07. The Balaban J connectivity index is 2.35. The van der Waals surface area contributed by atoms with E-state index in [9.17, 15) is 0 Å². The van der Waals surface area contributed by atoms with Gasteiger partial charge in [-0.2, -0.15) is 5.10 Å². The number of anilines is 1. The first-order valence-corrected chi connectivity index (χ1v) is 6.40. The minimum Gasteiger partial charge on any atom is -0.368 e.